The zero-order valence-electron chi connectivity index (χ0n) is 14.6. The van der Waals surface area contributed by atoms with Gasteiger partial charge in [-0.1, -0.05) is 86.8 Å². The van der Waals surface area contributed by atoms with E-state index >= 15 is 0 Å². The van der Waals surface area contributed by atoms with Crippen LogP contribution in [0.2, 0.25) is 0 Å². The molecule has 0 saturated heterocycles. The van der Waals surface area contributed by atoms with Gasteiger partial charge in [0.1, 0.15) is 0 Å². The molecule has 3 rings (SSSR count). The standard InChI is InChI=1S/C21H28O2Si/c1-2-3-18-22-24(20-14-6-4-7-15-20,21-16-8-5-9-17-21)23-19-12-10-11-13-19/h4-9,14-17,19H,2-3,10-13,18H2,1H3. The SMILES string of the molecule is CCCCO[Si](OC1CCCC1)(c1ccccc1)c1ccccc1. The van der Waals surface area contributed by atoms with Gasteiger partial charge in [-0.2, -0.15) is 0 Å². The lowest BCUT2D eigenvalue weighted by Crippen LogP contribution is -2.64. The lowest BCUT2D eigenvalue weighted by atomic mass is 10.3. The second-order valence-corrected chi connectivity index (χ2v) is 9.49. The molecule has 1 fully saturated rings. The van der Waals surface area contributed by atoms with Gasteiger partial charge in [0, 0.05) is 12.7 Å². The fourth-order valence-electron chi connectivity index (χ4n) is 3.42. The van der Waals surface area contributed by atoms with Gasteiger partial charge in [-0.25, -0.2) is 0 Å². The first-order valence-corrected chi connectivity index (χ1v) is 11.1. The van der Waals surface area contributed by atoms with Crippen LogP contribution in [0.4, 0.5) is 0 Å². The third kappa shape index (κ3) is 3.97. The maximum absolute atomic E-state index is 6.83. The van der Waals surface area contributed by atoms with E-state index in [9.17, 15) is 0 Å². The molecule has 0 atom stereocenters. The normalized spacial score (nSPS) is 15.7. The first-order chi connectivity index (χ1) is 11.8. The van der Waals surface area contributed by atoms with Crippen molar-refractivity contribution in [1.29, 1.82) is 0 Å². The molecule has 128 valence electrons. The van der Waals surface area contributed by atoms with Crippen molar-refractivity contribution in [3.05, 3.63) is 60.7 Å². The summed E-state index contributed by atoms with van der Waals surface area (Å²) in [6.45, 7) is 2.97. The Balaban J connectivity index is 2.00. The molecule has 2 nitrogen and oxygen atoms in total. The fraction of sp³-hybridized carbons (Fsp3) is 0.429. The van der Waals surface area contributed by atoms with Crippen molar-refractivity contribution in [1.82, 2.24) is 0 Å². The largest absolute Gasteiger partial charge is 0.407 e. The summed E-state index contributed by atoms with van der Waals surface area (Å²) in [6.07, 6.45) is 7.40. The summed E-state index contributed by atoms with van der Waals surface area (Å²) in [5.41, 5.74) is 0. The van der Waals surface area contributed by atoms with Crippen LogP contribution < -0.4 is 10.4 Å². The molecule has 24 heavy (non-hydrogen) atoms. The average Bonchev–Trinajstić information content (AvgIpc) is 3.15. The number of hydrogen-bond acceptors (Lipinski definition) is 2. The topological polar surface area (TPSA) is 18.5 Å². The van der Waals surface area contributed by atoms with Gasteiger partial charge in [-0.05, 0) is 29.6 Å². The van der Waals surface area contributed by atoms with Gasteiger partial charge in [0.15, 0.2) is 0 Å². The van der Waals surface area contributed by atoms with E-state index in [1.807, 2.05) is 0 Å². The predicted octanol–water partition coefficient (Wildman–Crippen LogP) is 4.02. The Bertz CT molecular complexity index is 554. The molecule has 0 amide bonds. The van der Waals surface area contributed by atoms with Crippen LogP contribution in [0.15, 0.2) is 60.7 Å². The van der Waals surface area contributed by atoms with Gasteiger partial charge in [0.2, 0.25) is 0 Å². The molecule has 0 bridgehead atoms. The Morgan fingerprint density at radius 3 is 1.92 bits per heavy atom. The second kappa shape index (κ2) is 8.61. The molecule has 0 heterocycles. The molecule has 1 saturated carbocycles. The summed E-state index contributed by atoms with van der Waals surface area (Å²) in [5, 5.41) is 2.44. The smallest absolute Gasteiger partial charge is 0.388 e. The molecule has 3 heteroatoms. The van der Waals surface area contributed by atoms with Crippen molar-refractivity contribution in [2.24, 2.45) is 0 Å². The molecule has 2 aromatic carbocycles. The number of benzene rings is 2. The van der Waals surface area contributed by atoms with E-state index in [4.69, 9.17) is 8.85 Å². The van der Waals surface area contributed by atoms with Crippen LogP contribution in [-0.2, 0) is 8.85 Å². The third-order valence-corrected chi connectivity index (χ3v) is 8.21. The molecule has 0 N–H and O–H groups in total. The monoisotopic (exact) mass is 340 g/mol. The number of hydrogen-bond donors (Lipinski definition) is 0. The van der Waals surface area contributed by atoms with Crippen LogP contribution >= 0.6 is 0 Å². The summed E-state index contributed by atoms with van der Waals surface area (Å²) < 4.78 is 13.5. The van der Waals surface area contributed by atoms with Gasteiger partial charge < -0.3 is 8.85 Å². The zero-order valence-corrected chi connectivity index (χ0v) is 15.6. The molecule has 0 unspecified atom stereocenters. The predicted molar refractivity (Wildman–Crippen MR) is 102 cm³/mol. The number of unbranched alkanes of at least 4 members (excludes halogenated alkanes) is 1. The van der Waals surface area contributed by atoms with Crippen molar-refractivity contribution < 1.29 is 8.85 Å². The summed E-state index contributed by atoms with van der Waals surface area (Å²) in [4.78, 5) is 0. The summed E-state index contributed by atoms with van der Waals surface area (Å²) >= 11 is 0. The lowest BCUT2D eigenvalue weighted by molar-refractivity contribution is 0.133. The second-order valence-electron chi connectivity index (χ2n) is 6.57. The summed E-state index contributed by atoms with van der Waals surface area (Å²) in [7, 11) is -2.65. The van der Waals surface area contributed by atoms with E-state index in [1.165, 1.54) is 23.2 Å². The molecule has 1 aliphatic rings. The Hall–Kier alpha value is -1.42. The fourth-order valence-corrected chi connectivity index (χ4v) is 6.83. The molecule has 0 aliphatic heterocycles. The zero-order chi connectivity index (χ0) is 16.7. The molecule has 1 aliphatic carbocycles. The van der Waals surface area contributed by atoms with Crippen LogP contribution in [0.1, 0.15) is 45.4 Å². The van der Waals surface area contributed by atoms with E-state index in [0.29, 0.717) is 6.10 Å². The van der Waals surface area contributed by atoms with Gasteiger partial charge in [-0.15, -0.1) is 0 Å². The Kier molecular flexibility index (Phi) is 6.24. The maximum atomic E-state index is 6.83. The Morgan fingerprint density at radius 1 is 0.875 bits per heavy atom. The first-order valence-electron chi connectivity index (χ1n) is 9.28. The quantitative estimate of drug-likeness (QED) is 0.534. The van der Waals surface area contributed by atoms with Gasteiger partial charge >= 0.3 is 8.56 Å². The van der Waals surface area contributed by atoms with Crippen molar-refractivity contribution in [2.75, 3.05) is 6.61 Å². The molecule has 0 radical (unpaired) electrons. The minimum atomic E-state index is -2.65. The van der Waals surface area contributed by atoms with E-state index in [1.54, 1.807) is 0 Å². The van der Waals surface area contributed by atoms with Crippen molar-refractivity contribution in [2.45, 2.75) is 51.6 Å². The van der Waals surface area contributed by atoms with Crippen LogP contribution in [0.3, 0.4) is 0 Å². The maximum Gasteiger partial charge on any atom is 0.407 e. The van der Waals surface area contributed by atoms with E-state index in [-0.39, 0.29) is 0 Å². The lowest BCUT2D eigenvalue weighted by Gasteiger charge is -2.34. The van der Waals surface area contributed by atoms with Crippen LogP contribution in [0.5, 0.6) is 0 Å². The van der Waals surface area contributed by atoms with Crippen molar-refractivity contribution in [3.63, 3.8) is 0 Å². The Morgan fingerprint density at radius 2 is 1.42 bits per heavy atom. The van der Waals surface area contributed by atoms with Crippen LogP contribution in [-0.4, -0.2) is 21.3 Å². The molecule has 2 aromatic rings. The van der Waals surface area contributed by atoms with E-state index < -0.39 is 8.56 Å². The number of rotatable bonds is 8. The van der Waals surface area contributed by atoms with Crippen molar-refractivity contribution in [3.8, 4) is 0 Å². The molecule has 0 aromatic heterocycles. The summed E-state index contributed by atoms with van der Waals surface area (Å²) in [5.74, 6) is 0. The van der Waals surface area contributed by atoms with Gasteiger partial charge in [0.05, 0.1) is 0 Å². The van der Waals surface area contributed by atoms with Crippen LogP contribution in [0, 0.1) is 0 Å². The highest BCUT2D eigenvalue weighted by Gasteiger charge is 2.44. The highest BCUT2D eigenvalue weighted by Crippen LogP contribution is 2.25. The van der Waals surface area contributed by atoms with Crippen molar-refractivity contribution >= 4 is 18.9 Å². The minimum absolute atomic E-state index is 0.332. The first kappa shape index (κ1) is 17.4. The van der Waals surface area contributed by atoms with E-state index in [0.717, 1.165) is 32.3 Å². The van der Waals surface area contributed by atoms with Gasteiger partial charge in [0.25, 0.3) is 0 Å². The Labute approximate surface area is 147 Å². The average molecular weight is 341 g/mol. The molecular formula is C21H28O2Si. The molecular weight excluding hydrogens is 312 g/mol. The highest BCUT2D eigenvalue weighted by molar-refractivity contribution is 6.92. The minimum Gasteiger partial charge on any atom is -0.388 e. The third-order valence-electron chi connectivity index (χ3n) is 4.75. The summed E-state index contributed by atoms with van der Waals surface area (Å²) in [6, 6.07) is 21.2. The highest BCUT2D eigenvalue weighted by atomic mass is 28.4. The van der Waals surface area contributed by atoms with Crippen LogP contribution in [0.25, 0.3) is 0 Å². The van der Waals surface area contributed by atoms with E-state index in [2.05, 4.69) is 67.6 Å². The molecule has 0 spiro atoms. The van der Waals surface area contributed by atoms with Gasteiger partial charge in [-0.3, -0.25) is 0 Å².